The van der Waals surface area contributed by atoms with Crippen molar-refractivity contribution < 1.29 is 4.39 Å². The molecule has 1 aromatic carbocycles. The predicted octanol–water partition coefficient (Wildman–Crippen LogP) is 5.09. The van der Waals surface area contributed by atoms with E-state index in [1.54, 1.807) is 30.7 Å². The standard InChI is InChI=1S/C19H13Cl2FN4O/c1-9(11-6-15(22)14(21)7-13(11)20)25-18-10-2-4-23-8-12(10)17-16(26-18)3-5-24-19(17)27/h2-9H,1H3,(H,24,27)(H,25,26). The number of rotatable bonds is 3. The maximum Gasteiger partial charge on any atom is 0.258 e. The molecule has 0 bridgehead atoms. The number of aromatic amines is 1. The van der Waals surface area contributed by atoms with E-state index in [4.69, 9.17) is 23.2 Å². The molecule has 4 rings (SSSR count). The minimum atomic E-state index is -0.545. The lowest BCUT2D eigenvalue weighted by Crippen LogP contribution is -2.12. The van der Waals surface area contributed by atoms with Gasteiger partial charge in [-0.2, -0.15) is 0 Å². The first-order valence-electron chi connectivity index (χ1n) is 8.12. The number of pyridine rings is 3. The molecule has 0 saturated carbocycles. The molecule has 1 atom stereocenters. The van der Waals surface area contributed by atoms with Crippen LogP contribution in [0.25, 0.3) is 21.7 Å². The Morgan fingerprint density at radius 2 is 2.00 bits per heavy atom. The van der Waals surface area contributed by atoms with Crippen molar-refractivity contribution in [3.63, 3.8) is 0 Å². The molecule has 0 spiro atoms. The van der Waals surface area contributed by atoms with E-state index in [1.165, 1.54) is 12.1 Å². The minimum absolute atomic E-state index is 0.0319. The number of benzene rings is 1. The molecule has 4 aromatic rings. The summed E-state index contributed by atoms with van der Waals surface area (Å²) in [6.45, 7) is 1.84. The van der Waals surface area contributed by atoms with Crippen LogP contribution in [-0.4, -0.2) is 15.0 Å². The zero-order chi connectivity index (χ0) is 19.1. The second-order valence-corrected chi connectivity index (χ2v) is 6.92. The number of fused-ring (bicyclic) bond motifs is 3. The Bertz CT molecular complexity index is 1240. The van der Waals surface area contributed by atoms with Crippen molar-refractivity contribution in [2.24, 2.45) is 0 Å². The van der Waals surface area contributed by atoms with Gasteiger partial charge in [-0.05, 0) is 36.8 Å². The number of hydrogen-bond donors (Lipinski definition) is 2. The van der Waals surface area contributed by atoms with Crippen molar-refractivity contribution in [1.82, 2.24) is 15.0 Å². The lowest BCUT2D eigenvalue weighted by Gasteiger charge is -2.18. The number of nitrogens with one attached hydrogen (secondary N) is 2. The fraction of sp³-hybridized carbons (Fsp3) is 0.105. The van der Waals surface area contributed by atoms with E-state index >= 15 is 0 Å². The summed E-state index contributed by atoms with van der Waals surface area (Å²) in [6.07, 6.45) is 4.79. The van der Waals surface area contributed by atoms with Crippen LogP contribution in [0.1, 0.15) is 18.5 Å². The molecule has 0 radical (unpaired) electrons. The highest BCUT2D eigenvalue weighted by atomic mass is 35.5. The first kappa shape index (κ1) is 17.7. The third-order valence-electron chi connectivity index (χ3n) is 4.38. The van der Waals surface area contributed by atoms with Crippen molar-refractivity contribution in [2.45, 2.75) is 13.0 Å². The Morgan fingerprint density at radius 1 is 1.19 bits per heavy atom. The van der Waals surface area contributed by atoms with Gasteiger partial charge >= 0.3 is 0 Å². The summed E-state index contributed by atoms with van der Waals surface area (Å²) in [5.41, 5.74) is 0.844. The van der Waals surface area contributed by atoms with E-state index in [-0.39, 0.29) is 16.6 Å². The van der Waals surface area contributed by atoms with Gasteiger partial charge in [-0.15, -0.1) is 0 Å². The topological polar surface area (TPSA) is 70.7 Å². The SMILES string of the molecule is CC(Nc1nc2cc[nH]c(=O)c2c2cnccc12)c1cc(F)c(Cl)cc1Cl. The normalized spacial score (nSPS) is 12.4. The Labute approximate surface area is 163 Å². The summed E-state index contributed by atoms with van der Waals surface area (Å²) in [5.74, 6) is 0.00111. The molecule has 3 aromatic heterocycles. The molecule has 3 heterocycles. The van der Waals surface area contributed by atoms with Crippen LogP contribution in [0, 0.1) is 5.82 Å². The van der Waals surface area contributed by atoms with Gasteiger partial charge in [-0.25, -0.2) is 9.37 Å². The molecular weight excluding hydrogens is 390 g/mol. The lowest BCUT2D eigenvalue weighted by atomic mass is 10.1. The lowest BCUT2D eigenvalue weighted by molar-refractivity contribution is 0.624. The maximum absolute atomic E-state index is 13.9. The van der Waals surface area contributed by atoms with Crippen LogP contribution in [0.4, 0.5) is 10.2 Å². The van der Waals surface area contributed by atoms with Crippen LogP contribution in [-0.2, 0) is 0 Å². The molecule has 0 amide bonds. The van der Waals surface area contributed by atoms with E-state index in [2.05, 4.69) is 20.3 Å². The third-order valence-corrected chi connectivity index (χ3v) is 4.99. The molecule has 8 heteroatoms. The second-order valence-electron chi connectivity index (χ2n) is 6.10. The highest BCUT2D eigenvalue weighted by Gasteiger charge is 2.17. The van der Waals surface area contributed by atoms with Crippen LogP contribution in [0.15, 0.2) is 47.7 Å². The van der Waals surface area contributed by atoms with Crippen molar-refractivity contribution in [1.29, 1.82) is 0 Å². The van der Waals surface area contributed by atoms with Crippen molar-refractivity contribution in [3.8, 4) is 0 Å². The van der Waals surface area contributed by atoms with Crippen LogP contribution in [0.3, 0.4) is 0 Å². The van der Waals surface area contributed by atoms with Gasteiger partial charge in [0.05, 0.1) is 22.0 Å². The highest BCUT2D eigenvalue weighted by Crippen LogP contribution is 2.33. The molecule has 0 aliphatic heterocycles. The Balaban J connectivity index is 1.87. The molecule has 0 saturated heterocycles. The van der Waals surface area contributed by atoms with Gasteiger partial charge in [0.15, 0.2) is 0 Å². The number of aromatic nitrogens is 3. The molecule has 2 N–H and O–H groups in total. The average Bonchev–Trinajstić information content (AvgIpc) is 2.64. The molecule has 27 heavy (non-hydrogen) atoms. The van der Waals surface area contributed by atoms with Gasteiger partial charge in [0, 0.05) is 34.4 Å². The number of nitrogens with zero attached hydrogens (tertiary/aromatic N) is 2. The summed E-state index contributed by atoms with van der Waals surface area (Å²) >= 11 is 12.0. The van der Waals surface area contributed by atoms with Crippen molar-refractivity contribution in [3.05, 3.63) is 74.6 Å². The molecule has 0 aliphatic rings. The summed E-state index contributed by atoms with van der Waals surface area (Å²) < 4.78 is 13.9. The smallest absolute Gasteiger partial charge is 0.258 e. The predicted molar refractivity (Wildman–Crippen MR) is 106 cm³/mol. The maximum atomic E-state index is 13.9. The first-order valence-corrected chi connectivity index (χ1v) is 8.87. The number of hydrogen-bond acceptors (Lipinski definition) is 4. The quantitative estimate of drug-likeness (QED) is 0.369. The largest absolute Gasteiger partial charge is 0.363 e. The van der Waals surface area contributed by atoms with E-state index in [0.717, 1.165) is 5.39 Å². The summed E-state index contributed by atoms with van der Waals surface area (Å²) in [6, 6.07) is 5.81. The van der Waals surface area contributed by atoms with Gasteiger partial charge in [0.2, 0.25) is 0 Å². The minimum Gasteiger partial charge on any atom is -0.363 e. The van der Waals surface area contributed by atoms with Crippen LogP contribution < -0.4 is 10.9 Å². The molecule has 0 fully saturated rings. The first-order chi connectivity index (χ1) is 13.0. The summed E-state index contributed by atoms with van der Waals surface area (Å²) in [4.78, 5) is 23.6. The van der Waals surface area contributed by atoms with Gasteiger partial charge in [-0.3, -0.25) is 9.78 Å². The van der Waals surface area contributed by atoms with Crippen molar-refractivity contribution in [2.75, 3.05) is 5.32 Å². The van der Waals surface area contributed by atoms with E-state index in [9.17, 15) is 9.18 Å². The number of halogens is 3. The molecular formula is C19H13Cl2FN4O. The Kier molecular flexibility index (Phi) is 4.45. The zero-order valence-electron chi connectivity index (χ0n) is 14.1. The highest BCUT2D eigenvalue weighted by molar-refractivity contribution is 6.35. The van der Waals surface area contributed by atoms with E-state index in [1.807, 2.05) is 6.92 Å². The third kappa shape index (κ3) is 3.11. The second kappa shape index (κ2) is 6.79. The molecule has 1 unspecified atom stereocenters. The molecule has 5 nitrogen and oxygen atoms in total. The monoisotopic (exact) mass is 402 g/mol. The van der Waals surface area contributed by atoms with E-state index < -0.39 is 5.82 Å². The van der Waals surface area contributed by atoms with Gasteiger partial charge in [0.25, 0.3) is 5.56 Å². The fourth-order valence-corrected chi connectivity index (χ4v) is 3.61. The molecule has 0 aliphatic carbocycles. The van der Waals surface area contributed by atoms with Crippen LogP contribution in [0.2, 0.25) is 10.0 Å². The Hall–Kier alpha value is -2.70. The molecule has 136 valence electrons. The summed E-state index contributed by atoms with van der Waals surface area (Å²) in [7, 11) is 0. The fourth-order valence-electron chi connectivity index (χ4n) is 3.07. The summed E-state index contributed by atoms with van der Waals surface area (Å²) in [5, 5.41) is 5.44. The van der Waals surface area contributed by atoms with Crippen LogP contribution >= 0.6 is 23.2 Å². The van der Waals surface area contributed by atoms with E-state index in [0.29, 0.717) is 32.7 Å². The van der Waals surface area contributed by atoms with Crippen molar-refractivity contribution >= 4 is 50.7 Å². The van der Waals surface area contributed by atoms with Gasteiger partial charge in [0.1, 0.15) is 11.6 Å². The van der Waals surface area contributed by atoms with Gasteiger partial charge in [-0.1, -0.05) is 23.2 Å². The number of anilines is 1. The Morgan fingerprint density at radius 3 is 2.81 bits per heavy atom. The number of H-pyrrole nitrogens is 1. The van der Waals surface area contributed by atoms with Crippen LogP contribution in [0.5, 0.6) is 0 Å². The average molecular weight is 403 g/mol. The zero-order valence-corrected chi connectivity index (χ0v) is 15.6. The van der Waals surface area contributed by atoms with Gasteiger partial charge < -0.3 is 10.3 Å².